The Morgan fingerprint density at radius 1 is 1.16 bits per heavy atom. The van der Waals surface area contributed by atoms with Crippen molar-refractivity contribution in [3.63, 3.8) is 0 Å². The SMILES string of the molecule is O=C(CCC(=O)NC1CCC1)Nc1ccc(SNC2=NCCS2)cc1. The molecule has 0 saturated heterocycles. The van der Waals surface area contributed by atoms with Gasteiger partial charge in [-0.3, -0.25) is 14.6 Å². The molecule has 0 unspecified atom stereocenters. The molecular formula is C17H22N4O2S2. The Morgan fingerprint density at radius 3 is 2.56 bits per heavy atom. The van der Waals surface area contributed by atoms with Crippen molar-refractivity contribution >= 4 is 46.4 Å². The number of amides is 2. The van der Waals surface area contributed by atoms with Crippen LogP contribution in [0.2, 0.25) is 0 Å². The van der Waals surface area contributed by atoms with Gasteiger partial charge in [0.15, 0.2) is 5.17 Å². The fourth-order valence-corrected chi connectivity index (χ4v) is 3.87. The lowest BCUT2D eigenvalue weighted by molar-refractivity contribution is -0.125. The summed E-state index contributed by atoms with van der Waals surface area (Å²) >= 11 is 3.22. The van der Waals surface area contributed by atoms with E-state index >= 15 is 0 Å². The predicted molar refractivity (Wildman–Crippen MR) is 104 cm³/mol. The number of nitrogens with one attached hydrogen (secondary N) is 3. The van der Waals surface area contributed by atoms with Gasteiger partial charge in [-0.25, -0.2) is 0 Å². The smallest absolute Gasteiger partial charge is 0.224 e. The average Bonchev–Trinajstić information content (AvgIpc) is 3.09. The van der Waals surface area contributed by atoms with Gasteiger partial charge in [-0.15, -0.1) is 0 Å². The maximum atomic E-state index is 11.9. The molecule has 2 amide bonds. The van der Waals surface area contributed by atoms with Gasteiger partial charge in [-0.2, -0.15) is 0 Å². The van der Waals surface area contributed by atoms with Crippen LogP contribution < -0.4 is 15.4 Å². The average molecular weight is 379 g/mol. The number of benzene rings is 1. The summed E-state index contributed by atoms with van der Waals surface area (Å²) in [6, 6.07) is 7.93. The summed E-state index contributed by atoms with van der Waals surface area (Å²) in [6.45, 7) is 0.872. The van der Waals surface area contributed by atoms with Crippen LogP contribution >= 0.6 is 23.7 Å². The van der Waals surface area contributed by atoms with Crippen molar-refractivity contribution in [3.05, 3.63) is 24.3 Å². The lowest BCUT2D eigenvalue weighted by atomic mass is 9.93. The minimum absolute atomic E-state index is 0.0367. The molecule has 1 aliphatic carbocycles. The monoisotopic (exact) mass is 378 g/mol. The van der Waals surface area contributed by atoms with Crippen LogP contribution in [0.3, 0.4) is 0 Å². The molecule has 1 aliphatic heterocycles. The van der Waals surface area contributed by atoms with Gasteiger partial charge in [0, 0.05) is 35.2 Å². The molecule has 1 aromatic rings. The van der Waals surface area contributed by atoms with E-state index in [1.54, 1.807) is 11.8 Å². The molecule has 1 heterocycles. The Labute approximate surface area is 156 Å². The normalized spacial score (nSPS) is 16.7. The summed E-state index contributed by atoms with van der Waals surface area (Å²) in [6.07, 6.45) is 3.74. The quantitative estimate of drug-likeness (QED) is 0.636. The number of amidine groups is 1. The molecule has 3 N–H and O–H groups in total. The summed E-state index contributed by atoms with van der Waals surface area (Å²) < 4.78 is 3.21. The van der Waals surface area contributed by atoms with Gasteiger partial charge < -0.3 is 15.4 Å². The zero-order valence-electron chi connectivity index (χ0n) is 13.9. The highest BCUT2D eigenvalue weighted by Crippen LogP contribution is 2.21. The Morgan fingerprint density at radius 2 is 1.92 bits per heavy atom. The van der Waals surface area contributed by atoms with Crippen LogP contribution in [0.4, 0.5) is 5.69 Å². The van der Waals surface area contributed by atoms with E-state index in [0.717, 1.165) is 40.9 Å². The number of nitrogens with zero attached hydrogens (tertiary/aromatic N) is 1. The van der Waals surface area contributed by atoms with E-state index in [2.05, 4.69) is 20.3 Å². The topological polar surface area (TPSA) is 82.6 Å². The molecule has 6 nitrogen and oxygen atoms in total. The van der Waals surface area contributed by atoms with Crippen molar-refractivity contribution in [2.45, 2.75) is 43.0 Å². The summed E-state index contributed by atoms with van der Waals surface area (Å²) in [7, 11) is 0. The third kappa shape index (κ3) is 5.97. The third-order valence-corrected chi connectivity index (χ3v) is 5.85. The van der Waals surface area contributed by atoms with Crippen molar-refractivity contribution in [1.82, 2.24) is 10.0 Å². The molecule has 0 spiro atoms. The van der Waals surface area contributed by atoms with E-state index in [4.69, 9.17) is 0 Å². The fraction of sp³-hybridized carbons (Fsp3) is 0.471. The minimum atomic E-state index is -0.140. The lowest BCUT2D eigenvalue weighted by Crippen LogP contribution is -2.39. The van der Waals surface area contributed by atoms with E-state index in [1.165, 1.54) is 18.4 Å². The number of rotatable bonds is 7. The van der Waals surface area contributed by atoms with Crippen LogP contribution in [0.25, 0.3) is 0 Å². The first-order chi connectivity index (χ1) is 12.2. The zero-order chi connectivity index (χ0) is 17.5. The van der Waals surface area contributed by atoms with Crippen LogP contribution in [0.1, 0.15) is 32.1 Å². The molecule has 1 fully saturated rings. The first-order valence-corrected chi connectivity index (χ1v) is 10.3. The second kappa shape index (κ2) is 9.15. The van der Waals surface area contributed by atoms with Crippen LogP contribution in [-0.2, 0) is 9.59 Å². The Bertz CT molecular complexity index is 645. The van der Waals surface area contributed by atoms with Gasteiger partial charge in [-0.1, -0.05) is 11.8 Å². The maximum Gasteiger partial charge on any atom is 0.224 e. The summed E-state index contributed by atoms with van der Waals surface area (Å²) in [5.41, 5.74) is 0.737. The number of hydrogen-bond donors (Lipinski definition) is 3. The minimum Gasteiger partial charge on any atom is -0.353 e. The molecule has 2 aliphatic rings. The zero-order valence-corrected chi connectivity index (χ0v) is 15.5. The number of hydrogen-bond acceptors (Lipinski definition) is 6. The first kappa shape index (κ1) is 18.1. The van der Waals surface area contributed by atoms with Crippen molar-refractivity contribution in [2.24, 2.45) is 4.99 Å². The summed E-state index contributed by atoms with van der Waals surface area (Å²) in [4.78, 5) is 29.0. The molecule has 134 valence electrons. The van der Waals surface area contributed by atoms with Gasteiger partial charge in [0.05, 0.1) is 6.54 Å². The Hall–Kier alpha value is -1.67. The van der Waals surface area contributed by atoms with Gasteiger partial charge in [0.1, 0.15) is 0 Å². The van der Waals surface area contributed by atoms with E-state index in [1.807, 2.05) is 24.3 Å². The molecule has 0 radical (unpaired) electrons. The van der Waals surface area contributed by atoms with E-state index in [9.17, 15) is 9.59 Å². The lowest BCUT2D eigenvalue weighted by Gasteiger charge is -2.26. The summed E-state index contributed by atoms with van der Waals surface area (Å²) in [5.74, 6) is 0.858. The standard InChI is InChI=1S/C17H22N4O2S2/c22-15(19-12-2-1-3-12)8-9-16(23)20-13-4-6-14(7-5-13)25-21-17-18-10-11-24-17/h4-7,12H,1-3,8-11H2,(H,18,21)(H,19,22)(H,20,23). The molecule has 0 aromatic heterocycles. The number of carbonyl (C=O) groups excluding carboxylic acids is 2. The second-order valence-corrected chi connectivity index (χ2v) is 7.97. The van der Waals surface area contributed by atoms with E-state index in [0.29, 0.717) is 6.04 Å². The molecule has 0 atom stereocenters. The molecule has 8 heteroatoms. The predicted octanol–water partition coefficient (Wildman–Crippen LogP) is 2.77. The van der Waals surface area contributed by atoms with Crippen LogP contribution in [0, 0.1) is 0 Å². The van der Waals surface area contributed by atoms with Crippen molar-refractivity contribution in [2.75, 3.05) is 17.6 Å². The Kier molecular flexibility index (Phi) is 6.63. The highest BCUT2D eigenvalue weighted by atomic mass is 32.2. The van der Waals surface area contributed by atoms with Gasteiger partial charge >= 0.3 is 0 Å². The van der Waals surface area contributed by atoms with E-state index in [-0.39, 0.29) is 24.7 Å². The number of thioether (sulfide) groups is 1. The molecule has 1 aromatic carbocycles. The summed E-state index contributed by atoms with van der Waals surface area (Å²) in [5, 5.41) is 6.73. The van der Waals surface area contributed by atoms with Gasteiger partial charge in [-0.05, 0) is 55.5 Å². The van der Waals surface area contributed by atoms with Crippen molar-refractivity contribution in [3.8, 4) is 0 Å². The molecule has 1 saturated carbocycles. The van der Waals surface area contributed by atoms with Crippen LogP contribution in [0.5, 0.6) is 0 Å². The number of anilines is 1. The molecule has 0 bridgehead atoms. The van der Waals surface area contributed by atoms with E-state index < -0.39 is 0 Å². The third-order valence-electron chi connectivity index (χ3n) is 4.03. The highest BCUT2D eigenvalue weighted by molar-refractivity contribution is 8.15. The van der Waals surface area contributed by atoms with Crippen molar-refractivity contribution in [1.29, 1.82) is 0 Å². The largest absolute Gasteiger partial charge is 0.353 e. The van der Waals surface area contributed by atoms with Crippen LogP contribution in [0.15, 0.2) is 34.2 Å². The highest BCUT2D eigenvalue weighted by Gasteiger charge is 2.19. The fourth-order valence-electron chi connectivity index (χ4n) is 2.41. The molecule has 3 rings (SSSR count). The molecule has 25 heavy (non-hydrogen) atoms. The van der Waals surface area contributed by atoms with Crippen LogP contribution in [-0.4, -0.2) is 35.3 Å². The number of carbonyl (C=O) groups is 2. The van der Waals surface area contributed by atoms with Gasteiger partial charge in [0.25, 0.3) is 0 Å². The van der Waals surface area contributed by atoms with Gasteiger partial charge in [0.2, 0.25) is 11.8 Å². The molecular weight excluding hydrogens is 356 g/mol. The second-order valence-electron chi connectivity index (χ2n) is 6.01. The first-order valence-electron chi connectivity index (χ1n) is 8.48. The van der Waals surface area contributed by atoms with Crippen molar-refractivity contribution < 1.29 is 9.59 Å². The number of aliphatic imine (C=N–C) groups is 1. The maximum absolute atomic E-state index is 11.9. The Balaban J connectivity index is 1.36.